The van der Waals surface area contributed by atoms with Crippen LogP contribution in [0, 0.1) is 6.92 Å². The third-order valence-corrected chi connectivity index (χ3v) is 6.14. The maximum absolute atomic E-state index is 13.1. The summed E-state index contributed by atoms with van der Waals surface area (Å²) >= 11 is 6.08. The molecule has 8 nitrogen and oxygen atoms in total. The first-order valence-corrected chi connectivity index (χ1v) is 11.3. The second kappa shape index (κ2) is 8.86. The second-order valence-electron chi connectivity index (χ2n) is 8.44. The zero-order valence-electron chi connectivity index (χ0n) is 18.5. The first-order valence-electron chi connectivity index (χ1n) is 10.9. The van der Waals surface area contributed by atoms with Gasteiger partial charge in [0.05, 0.1) is 17.8 Å². The summed E-state index contributed by atoms with van der Waals surface area (Å²) in [6, 6.07) is 9.38. The SMILES string of the molecule is Cc1nn(C)cc1-c1cc(C(=O)N2CCC[C@@H](c3ncc(Cc4cccc(Cl)c4)o3)C2)on1. The Bertz CT molecular complexity index is 1290. The number of piperidine rings is 1. The van der Waals surface area contributed by atoms with Crippen LogP contribution in [0.5, 0.6) is 0 Å². The molecule has 0 bridgehead atoms. The minimum absolute atomic E-state index is 0.0405. The van der Waals surface area contributed by atoms with Crippen molar-refractivity contribution < 1.29 is 13.7 Å². The second-order valence-corrected chi connectivity index (χ2v) is 8.88. The van der Waals surface area contributed by atoms with Crippen LogP contribution in [0.3, 0.4) is 0 Å². The van der Waals surface area contributed by atoms with Crippen LogP contribution in [-0.4, -0.2) is 43.8 Å². The lowest BCUT2D eigenvalue weighted by Gasteiger charge is -2.30. The highest BCUT2D eigenvalue weighted by Gasteiger charge is 2.30. The van der Waals surface area contributed by atoms with Crippen LogP contribution in [0.15, 0.2) is 51.7 Å². The Morgan fingerprint density at radius 2 is 2.18 bits per heavy atom. The molecule has 0 aliphatic carbocycles. The number of rotatable bonds is 5. The van der Waals surface area contributed by atoms with Gasteiger partial charge in [0, 0.05) is 49.4 Å². The van der Waals surface area contributed by atoms with E-state index in [0.717, 1.165) is 35.4 Å². The molecule has 3 aromatic heterocycles. The lowest BCUT2D eigenvalue weighted by Crippen LogP contribution is -2.39. The van der Waals surface area contributed by atoms with Crippen molar-refractivity contribution in [3.63, 3.8) is 0 Å². The standard InChI is InChI=1S/C24H24ClN5O3/c1-15-20(14-29(2)27-15)21-11-22(33-28-21)24(31)30-8-4-6-17(13-30)23-26-12-19(32-23)10-16-5-3-7-18(25)9-16/h3,5,7,9,11-12,14,17H,4,6,8,10,13H2,1-2H3/t17-/m1/s1. The Morgan fingerprint density at radius 1 is 1.30 bits per heavy atom. The molecule has 1 aliphatic heterocycles. The van der Waals surface area contributed by atoms with Crippen molar-refractivity contribution in [3.05, 3.63) is 76.4 Å². The molecule has 0 saturated carbocycles. The van der Waals surface area contributed by atoms with Crippen molar-refractivity contribution in [2.75, 3.05) is 13.1 Å². The lowest BCUT2D eigenvalue weighted by atomic mass is 9.98. The highest BCUT2D eigenvalue weighted by atomic mass is 35.5. The third kappa shape index (κ3) is 4.57. The van der Waals surface area contributed by atoms with Crippen LogP contribution in [-0.2, 0) is 13.5 Å². The van der Waals surface area contributed by atoms with Crippen LogP contribution >= 0.6 is 11.6 Å². The third-order valence-electron chi connectivity index (χ3n) is 5.91. The predicted octanol–water partition coefficient (Wildman–Crippen LogP) is 4.64. The molecule has 33 heavy (non-hydrogen) atoms. The lowest BCUT2D eigenvalue weighted by molar-refractivity contribution is 0.0656. The summed E-state index contributed by atoms with van der Waals surface area (Å²) in [5, 5.41) is 9.11. The number of hydrogen-bond donors (Lipinski definition) is 0. The number of carbonyl (C=O) groups excluding carboxylic acids is 1. The van der Waals surface area contributed by atoms with Gasteiger partial charge in [-0.2, -0.15) is 5.10 Å². The van der Waals surface area contributed by atoms with Gasteiger partial charge in [-0.1, -0.05) is 28.9 Å². The van der Waals surface area contributed by atoms with E-state index < -0.39 is 0 Å². The van der Waals surface area contributed by atoms with E-state index in [4.69, 9.17) is 20.5 Å². The Balaban J connectivity index is 1.27. The van der Waals surface area contributed by atoms with Gasteiger partial charge in [-0.15, -0.1) is 0 Å². The van der Waals surface area contributed by atoms with Crippen molar-refractivity contribution in [2.45, 2.75) is 32.1 Å². The maximum Gasteiger partial charge on any atom is 0.292 e. The number of benzene rings is 1. The van der Waals surface area contributed by atoms with Gasteiger partial charge >= 0.3 is 0 Å². The van der Waals surface area contributed by atoms with Crippen LogP contribution in [0.4, 0.5) is 0 Å². The predicted molar refractivity (Wildman–Crippen MR) is 122 cm³/mol. The Kier molecular flexibility index (Phi) is 5.76. The number of halogens is 1. The molecular formula is C24H24ClN5O3. The normalized spacial score (nSPS) is 16.3. The number of nitrogens with zero attached hydrogens (tertiary/aromatic N) is 5. The summed E-state index contributed by atoms with van der Waals surface area (Å²) in [4.78, 5) is 19.4. The number of amides is 1. The highest BCUT2D eigenvalue weighted by Crippen LogP contribution is 2.29. The fourth-order valence-corrected chi connectivity index (χ4v) is 4.53. The van der Waals surface area contributed by atoms with Gasteiger partial charge in [-0.3, -0.25) is 9.48 Å². The molecule has 5 rings (SSSR count). The number of aryl methyl sites for hydroxylation is 2. The Morgan fingerprint density at radius 3 is 2.97 bits per heavy atom. The number of likely N-dealkylation sites (tertiary alicyclic amines) is 1. The van der Waals surface area contributed by atoms with E-state index in [1.807, 2.05) is 44.4 Å². The monoisotopic (exact) mass is 465 g/mol. The first kappa shape index (κ1) is 21.5. The highest BCUT2D eigenvalue weighted by molar-refractivity contribution is 6.30. The molecular weight excluding hydrogens is 442 g/mol. The minimum Gasteiger partial charge on any atom is -0.445 e. The first-order chi connectivity index (χ1) is 16.0. The van der Waals surface area contributed by atoms with Crippen LogP contribution in [0.1, 0.15) is 52.2 Å². The summed E-state index contributed by atoms with van der Waals surface area (Å²) in [6.45, 7) is 3.09. The molecule has 0 radical (unpaired) electrons. The molecule has 0 N–H and O–H groups in total. The quantitative estimate of drug-likeness (QED) is 0.426. The number of aromatic nitrogens is 4. The molecule has 9 heteroatoms. The molecule has 0 spiro atoms. The average molecular weight is 466 g/mol. The van der Waals surface area contributed by atoms with Gasteiger partial charge < -0.3 is 13.8 Å². The van der Waals surface area contributed by atoms with Gasteiger partial charge in [0.1, 0.15) is 11.5 Å². The van der Waals surface area contributed by atoms with E-state index >= 15 is 0 Å². The topological polar surface area (TPSA) is 90.2 Å². The van der Waals surface area contributed by atoms with Crippen LogP contribution in [0.2, 0.25) is 5.02 Å². The van der Waals surface area contributed by atoms with Crippen molar-refractivity contribution in [2.24, 2.45) is 7.05 Å². The van der Waals surface area contributed by atoms with Crippen molar-refractivity contribution in [1.82, 2.24) is 24.8 Å². The average Bonchev–Trinajstić information content (AvgIpc) is 3.53. The number of oxazole rings is 1. The minimum atomic E-state index is -0.175. The van der Waals surface area contributed by atoms with Gasteiger partial charge in [0.25, 0.3) is 5.91 Å². The molecule has 0 unspecified atom stereocenters. The molecule has 1 atom stereocenters. The van der Waals surface area contributed by atoms with Crippen LogP contribution in [0.25, 0.3) is 11.3 Å². The van der Waals surface area contributed by atoms with E-state index in [9.17, 15) is 4.79 Å². The Labute approximate surface area is 196 Å². The zero-order valence-corrected chi connectivity index (χ0v) is 19.2. The summed E-state index contributed by atoms with van der Waals surface area (Å²) in [7, 11) is 1.85. The molecule has 1 amide bonds. The van der Waals surface area contributed by atoms with E-state index in [-0.39, 0.29) is 17.6 Å². The number of carbonyl (C=O) groups is 1. The van der Waals surface area contributed by atoms with Crippen molar-refractivity contribution in [3.8, 4) is 11.3 Å². The summed E-state index contributed by atoms with van der Waals surface area (Å²) in [5.74, 6) is 1.53. The molecule has 170 valence electrons. The van der Waals surface area contributed by atoms with Crippen LogP contribution < -0.4 is 0 Å². The molecule has 1 fully saturated rings. The summed E-state index contributed by atoms with van der Waals surface area (Å²) in [5.41, 5.74) is 3.36. The summed E-state index contributed by atoms with van der Waals surface area (Å²) < 4.78 is 13.1. The fraction of sp³-hybridized carbons (Fsp3) is 0.333. The molecule has 4 heterocycles. The van der Waals surface area contributed by atoms with Gasteiger partial charge in [-0.05, 0) is 37.5 Å². The molecule has 1 saturated heterocycles. The zero-order chi connectivity index (χ0) is 22.9. The largest absolute Gasteiger partial charge is 0.445 e. The summed E-state index contributed by atoms with van der Waals surface area (Å²) in [6.07, 6.45) is 6.03. The van der Waals surface area contributed by atoms with Crippen molar-refractivity contribution in [1.29, 1.82) is 0 Å². The van der Waals surface area contributed by atoms with E-state index in [2.05, 4.69) is 15.2 Å². The fourth-order valence-electron chi connectivity index (χ4n) is 4.31. The van der Waals surface area contributed by atoms with Gasteiger partial charge in [0.15, 0.2) is 5.89 Å². The van der Waals surface area contributed by atoms with E-state index in [1.54, 1.807) is 21.8 Å². The molecule has 1 aliphatic rings. The van der Waals surface area contributed by atoms with E-state index in [0.29, 0.717) is 36.1 Å². The molecule has 1 aromatic carbocycles. The Hall–Kier alpha value is -3.39. The van der Waals surface area contributed by atoms with Crippen molar-refractivity contribution >= 4 is 17.5 Å². The number of hydrogen-bond acceptors (Lipinski definition) is 6. The van der Waals surface area contributed by atoms with Gasteiger partial charge in [-0.25, -0.2) is 4.98 Å². The smallest absolute Gasteiger partial charge is 0.292 e. The van der Waals surface area contributed by atoms with E-state index in [1.165, 1.54) is 0 Å². The maximum atomic E-state index is 13.1. The van der Waals surface area contributed by atoms with Gasteiger partial charge in [0.2, 0.25) is 5.76 Å². The molecule has 4 aromatic rings.